The predicted octanol–water partition coefficient (Wildman–Crippen LogP) is 15.0. The van der Waals surface area contributed by atoms with Gasteiger partial charge in [0.05, 0.1) is 33.1 Å². The van der Waals surface area contributed by atoms with Gasteiger partial charge in [-0.2, -0.15) is 0 Å². The molecule has 10 aromatic carbocycles. The van der Waals surface area contributed by atoms with Crippen molar-refractivity contribution >= 4 is 87.0 Å². The summed E-state index contributed by atoms with van der Waals surface area (Å²) in [5.41, 5.74) is 13.1. The van der Waals surface area contributed by atoms with Crippen molar-refractivity contribution in [3.63, 3.8) is 0 Å². The minimum absolute atomic E-state index is 1.15. The van der Waals surface area contributed by atoms with Crippen LogP contribution in [-0.2, 0) is 0 Å². The average molecular weight is 750 g/mol. The van der Waals surface area contributed by atoms with Crippen LogP contribution in [0.2, 0.25) is 0 Å². The highest BCUT2D eigenvalue weighted by atomic mass is 15.0. The molecule has 13 aromatic rings. The number of para-hydroxylation sites is 3. The van der Waals surface area contributed by atoms with Crippen LogP contribution in [0.15, 0.2) is 212 Å². The third-order valence-electron chi connectivity index (χ3n) is 12.6. The zero-order valence-corrected chi connectivity index (χ0v) is 32.0. The number of rotatable bonds is 4. The lowest BCUT2D eigenvalue weighted by Gasteiger charge is -2.13. The Kier molecular flexibility index (Phi) is 6.72. The Balaban J connectivity index is 1.08. The second-order valence-electron chi connectivity index (χ2n) is 15.8. The van der Waals surface area contributed by atoms with E-state index in [1.165, 1.54) is 104 Å². The zero-order valence-electron chi connectivity index (χ0n) is 32.0. The summed E-state index contributed by atoms with van der Waals surface area (Å²) < 4.78 is 7.38. The molecule has 3 nitrogen and oxygen atoms in total. The van der Waals surface area contributed by atoms with Crippen LogP contribution in [-0.4, -0.2) is 13.7 Å². The third-order valence-corrected chi connectivity index (χ3v) is 12.6. The molecule has 0 bridgehead atoms. The highest BCUT2D eigenvalue weighted by Gasteiger charge is 2.22. The number of hydrogen-bond acceptors (Lipinski definition) is 0. The molecule has 0 radical (unpaired) electrons. The lowest BCUT2D eigenvalue weighted by atomic mass is 10.00. The molecular formula is C56H35N3. The van der Waals surface area contributed by atoms with E-state index in [0.29, 0.717) is 0 Å². The van der Waals surface area contributed by atoms with E-state index in [0.717, 1.165) is 11.4 Å². The van der Waals surface area contributed by atoms with E-state index < -0.39 is 0 Å². The van der Waals surface area contributed by atoms with Crippen molar-refractivity contribution in [1.29, 1.82) is 0 Å². The second kappa shape index (κ2) is 12.3. The molecule has 0 aliphatic heterocycles. The fourth-order valence-electron chi connectivity index (χ4n) is 9.91. The molecule has 59 heavy (non-hydrogen) atoms. The first-order valence-corrected chi connectivity index (χ1v) is 20.3. The van der Waals surface area contributed by atoms with Crippen molar-refractivity contribution in [2.75, 3.05) is 0 Å². The normalized spacial score (nSPS) is 12.1. The molecule has 0 saturated heterocycles. The smallest absolute Gasteiger partial charge is 0.0788 e. The molecule has 0 aliphatic carbocycles. The molecule has 0 unspecified atom stereocenters. The van der Waals surface area contributed by atoms with Gasteiger partial charge >= 0.3 is 0 Å². The summed E-state index contributed by atoms with van der Waals surface area (Å²) in [4.78, 5) is 0. The molecule has 274 valence electrons. The molecule has 0 atom stereocenters. The van der Waals surface area contributed by atoms with Gasteiger partial charge in [0.25, 0.3) is 0 Å². The van der Waals surface area contributed by atoms with Crippen molar-refractivity contribution in [2.24, 2.45) is 0 Å². The van der Waals surface area contributed by atoms with Gasteiger partial charge in [0.15, 0.2) is 0 Å². The summed E-state index contributed by atoms with van der Waals surface area (Å²) in [6, 6.07) is 78.1. The predicted molar refractivity (Wildman–Crippen MR) is 250 cm³/mol. The van der Waals surface area contributed by atoms with Gasteiger partial charge in [-0.1, -0.05) is 140 Å². The van der Waals surface area contributed by atoms with E-state index in [1.807, 2.05) is 0 Å². The standard InChI is InChI=1S/C56H35N3/c1-2-16-42(17-3-1)58-52-21-11-8-18-45(52)47-28-29-48-50-35-41(25-31-54(50)59(56(48)55(47)58)44-27-23-37-13-5-7-15-39(37)33-44)40-24-30-53-49(34-40)46-19-9-10-20-51(46)57(53)43-26-22-36-12-4-6-14-38(36)32-43/h1-35H. The van der Waals surface area contributed by atoms with Crippen molar-refractivity contribution in [1.82, 2.24) is 13.7 Å². The van der Waals surface area contributed by atoms with Gasteiger partial charge in [-0.05, 0) is 105 Å². The molecule has 0 amide bonds. The van der Waals surface area contributed by atoms with Gasteiger partial charge < -0.3 is 13.7 Å². The van der Waals surface area contributed by atoms with Gasteiger partial charge in [-0.15, -0.1) is 0 Å². The van der Waals surface area contributed by atoms with Crippen molar-refractivity contribution < 1.29 is 0 Å². The molecule has 0 fully saturated rings. The first-order chi connectivity index (χ1) is 29.3. The van der Waals surface area contributed by atoms with E-state index in [4.69, 9.17) is 0 Å². The Morgan fingerprint density at radius 1 is 0.220 bits per heavy atom. The van der Waals surface area contributed by atoms with Crippen LogP contribution in [0.1, 0.15) is 0 Å². The second-order valence-corrected chi connectivity index (χ2v) is 15.8. The summed E-state index contributed by atoms with van der Waals surface area (Å²) in [7, 11) is 0. The van der Waals surface area contributed by atoms with Gasteiger partial charge in [-0.3, -0.25) is 0 Å². The summed E-state index contributed by atoms with van der Waals surface area (Å²) in [6.07, 6.45) is 0. The lowest BCUT2D eigenvalue weighted by Crippen LogP contribution is -1.98. The molecule has 0 saturated carbocycles. The van der Waals surface area contributed by atoms with Crippen molar-refractivity contribution in [3.8, 4) is 28.2 Å². The summed E-state index contributed by atoms with van der Waals surface area (Å²) >= 11 is 0. The Morgan fingerprint density at radius 2 is 0.644 bits per heavy atom. The van der Waals surface area contributed by atoms with Crippen LogP contribution in [0, 0.1) is 0 Å². The number of nitrogens with zero attached hydrogens (tertiary/aromatic N) is 3. The Morgan fingerprint density at radius 3 is 1.27 bits per heavy atom. The average Bonchev–Trinajstić information content (AvgIpc) is 3.94. The van der Waals surface area contributed by atoms with Gasteiger partial charge in [0, 0.05) is 49.4 Å². The molecule has 13 rings (SSSR count). The SMILES string of the molecule is c1ccc(-n2c3ccccc3c3ccc4c5cc(-c6ccc7c(c6)c6ccccc6n7-c6ccc7ccccc7c6)ccc5n(-c5ccc6ccccc6c5)c4c32)cc1. The maximum absolute atomic E-state index is 2.50. The van der Waals surface area contributed by atoms with E-state index in [9.17, 15) is 0 Å². The van der Waals surface area contributed by atoms with Crippen LogP contribution >= 0.6 is 0 Å². The fourth-order valence-corrected chi connectivity index (χ4v) is 9.91. The van der Waals surface area contributed by atoms with Crippen LogP contribution in [0.5, 0.6) is 0 Å². The van der Waals surface area contributed by atoms with E-state index in [2.05, 4.69) is 226 Å². The number of aromatic nitrogens is 3. The monoisotopic (exact) mass is 749 g/mol. The lowest BCUT2D eigenvalue weighted by molar-refractivity contribution is 1.15. The first-order valence-electron chi connectivity index (χ1n) is 20.3. The minimum Gasteiger partial charge on any atom is -0.309 e. The largest absolute Gasteiger partial charge is 0.309 e. The van der Waals surface area contributed by atoms with E-state index in [1.54, 1.807) is 0 Å². The summed E-state index contributed by atoms with van der Waals surface area (Å²) in [5, 5.41) is 12.4. The van der Waals surface area contributed by atoms with Crippen LogP contribution in [0.3, 0.4) is 0 Å². The topological polar surface area (TPSA) is 14.8 Å². The maximum atomic E-state index is 2.50. The number of fused-ring (bicyclic) bond motifs is 12. The minimum atomic E-state index is 1.15. The van der Waals surface area contributed by atoms with Gasteiger partial charge in [-0.25, -0.2) is 0 Å². The first kappa shape index (κ1) is 32.2. The van der Waals surface area contributed by atoms with E-state index >= 15 is 0 Å². The quantitative estimate of drug-likeness (QED) is 0.170. The zero-order chi connectivity index (χ0) is 38.6. The molecular weight excluding hydrogens is 715 g/mol. The molecule has 3 heterocycles. The van der Waals surface area contributed by atoms with Crippen molar-refractivity contribution in [3.05, 3.63) is 212 Å². The Hall–Kier alpha value is -7.88. The maximum Gasteiger partial charge on any atom is 0.0788 e. The van der Waals surface area contributed by atoms with Crippen LogP contribution in [0.4, 0.5) is 0 Å². The fraction of sp³-hybridized carbons (Fsp3) is 0. The van der Waals surface area contributed by atoms with Crippen LogP contribution < -0.4 is 0 Å². The Labute approximate surface area is 339 Å². The van der Waals surface area contributed by atoms with Crippen molar-refractivity contribution in [2.45, 2.75) is 0 Å². The van der Waals surface area contributed by atoms with Gasteiger partial charge in [0.2, 0.25) is 0 Å². The molecule has 0 N–H and O–H groups in total. The van der Waals surface area contributed by atoms with Crippen LogP contribution in [0.25, 0.3) is 115 Å². The molecule has 3 heteroatoms. The third kappa shape index (κ3) is 4.70. The van der Waals surface area contributed by atoms with Gasteiger partial charge in [0.1, 0.15) is 0 Å². The Bertz CT molecular complexity index is 3840. The summed E-state index contributed by atoms with van der Waals surface area (Å²) in [5.74, 6) is 0. The molecule has 0 spiro atoms. The molecule has 0 aliphatic rings. The number of benzene rings is 10. The highest BCUT2D eigenvalue weighted by Crippen LogP contribution is 2.43. The summed E-state index contributed by atoms with van der Waals surface area (Å²) in [6.45, 7) is 0. The molecule has 3 aromatic heterocycles. The number of hydrogen-bond donors (Lipinski definition) is 0. The van der Waals surface area contributed by atoms with E-state index in [-0.39, 0.29) is 0 Å². The highest BCUT2D eigenvalue weighted by molar-refractivity contribution is 6.24.